The molecular formula is C65H50N2. The van der Waals surface area contributed by atoms with Gasteiger partial charge in [-0.25, -0.2) is 0 Å². The zero-order chi connectivity index (χ0) is 45.2. The molecule has 0 unspecified atom stereocenters. The highest BCUT2D eigenvalue weighted by Gasteiger charge is 2.35. The largest absolute Gasteiger partial charge is 0.311 e. The quantitative estimate of drug-likeness (QED) is 0.148. The van der Waals surface area contributed by atoms with Crippen molar-refractivity contribution in [3.05, 3.63) is 253 Å². The van der Waals surface area contributed by atoms with Gasteiger partial charge in [-0.3, -0.25) is 0 Å². The van der Waals surface area contributed by atoms with E-state index in [1.165, 1.54) is 99.7 Å². The number of aromatic nitrogens is 1. The van der Waals surface area contributed by atoms with Crippen molar-refractivity contribution in [2.75, 3.05) is 4.90 Å². The van der Waals surface area contributed by atoms with Crippen LogP contribution in [-0.2, 0) is 5.41 Å². The number of benzene rings is 10. The van der Waals surface area contributed by atoms with Gasteiger partial charge in [0.05, 0.1) is 11.0 Å². The van der Waals surface area contributed by atoms with E-state index in [1.54, 1.807) is 0 Å². The summed E-state index contributed by atoms with van der Waals surface area (Å²) in [5.41, 5.74) is 24.6. The first-order chi connectivity index (χ1) is 32.8. The Morgan fingerprint density at radius 1 is 0.328 bits per heavy atom. The highest BCUT2D eigenvalue weighted by Crippen LogP contribution is 2.50. The Bertz CT molecular complexity index is 3630. The maximum absolute atomic E-state index is 2.41. The lowest BCUT2D eigenvalue weighted by molar-refractivity contribution is 0.660. The molecule has 0 amide bonds. The lowest BCUT2D eigenvalue weighted by atomic mass is 9.81. The van der Waals surface area contributed by atoms with Gasteiger partial charge in [-0.05, 0) is 153 Å². The molecule has 0 N–H and O–H groups in total. The van der Waals surface area contributed by atoms with Crippen LogP contribution in [0.25, 0.3) is 83.1 Å². The summed E-state index contributed by atoms with van der Waals surface area (Å²) in [6.45, 7) is 9.06. The van der Waals surface area contributed by atoms with Crippen LogP contribution >= 0.6 is 0 Å². The summed E-state index contributed by atoms with van der Waals surface area (Å²) in [6.07, 6.45) is 0. The Hall–Kier alpha value is -8.20. The topological polar surface area (TPSA) is 8.17 Å². The van der Waals surface area contributed by atoms with Crippen LogP contribution in [0.4, 0.5) is 17.1 Å². The van der Waals surface area contributed by atoms with Gasteiger partial charge in [0.25, 0.3) is 0 Å². The Morgan fingerprint density at radius 3 is 1.45 bits per heavy atom. The standard InChI is InChI=1S/C65H50N2/c1-43-17-30-53(31-18-43)66(55-34-26-49(27-35-55)52-28-37-58-57-36-19-44(2)39-61(57)65(3,4)62(58)42-52)54-32-24-48(25-33-54)51-29-38-64-60(41-51)59-15-8-9-16-63(59)67(64)56-14-10-13-50(40-56)47-22-20-46(21-23-47)45-11-6-5-7-12-45/h5-42H,1-4H3. The molecule has 1 aromatic heterocycles. The van der Waals surface area contributed by atoms with E-state index < -0.39 is 0 Å². The van der Waals surface area contributed by atoms with E-state index in [0.717, 1.165) is 22.7 Å². The average molecular weight is 859 g/mol. The lowest BCUT2D eigenvalue weighted by Crippen LogP contribution is -2.15. The number of hydrogen-bond acceptors (Lipinski definition) is 1. The third kappa shape index (κ3) is 7.05. The van der Waals surface area contributed by atoms with Crippen molar-refractivity contribution in [2.45, 2.75) is 33.1 Å². The monoisotopic (exact) mass is 858 g/mol. The number of hydrogen-bond donors (Lipinski definition) is 0. The predicted octanol–water partition coefficient (Wildman–Crippen LogP) is 17.8. The molecule has 10 aromatic carbocycles. The molecule has 0 radical (unpaired) electrons. The van der Waals surface area contributed by atoms with Gasteiger partial charge in [0.15, 0.2) is 0 Å². The van der Waals surface area contributed by atoms with Crippen LogP contribution in [0, 0.1) is 13.8 Å². The van der Waals surface area contributed by atoms with Gasteiger partial charge < -0.3 is 9.47 Å². The van der Waals surface area contributed by atoms with E-state index in [1.807, 2.05) is 0 Å². The Kier molecular flexibility index (Phi) is 9.66. The molecule has 2 nitrogen and oxygen atoms in total. The summed E-state index contributed by atoms with van der Waals surface area (Å²) < 4.78 is 2.41. The van der Waals surface area contributed by atoms with Crippen molar-refractivity contribution in [3.8, 4) is 61.3 Å². The first kappa shape index (κ1) is 40.3. The van der Waals surface area contributed by atoms with Crippen LogP contribution in [0.15, 0.2) is 231 Å². The molecule has 0 saturated carbocycles. The fraction of sp³-hybridized carbons (Fsp3) is 0.0769. The molecule has 0 atom stereocenters. The Morgan fingerprint density at radius 2 is 0.776 bits per heavy atom. The van der Waals surface area contributed by atoms with Crippen molar-refractivity contribution in [3.63, 3.8) is 0 Å². The number of rotatable bonds is 8. The van der Waals surface area contributed by atoms with Crippen molar-refractivity contribution in [1.82, 2.24) is 4.57 Å². The Labute approximate surface area is 393 Å². The van der Waals surface area contributed by atoms with Crippen LogP contribution in [0.1, 0.15) is 36.1 Å². The molecule has 0 fully saturated rings. The molecule has 1 aliphatic rings. The van der Waals surface area contributed by atoms with Crippen molar-refractivity contribution >= 4 is 38.9 Å². The van der Waals surface area contributed by atoms with Gasteiger partial charge in [0.2, 0.25) is 0 Å². The zero-order valence-electron chi connectivity index (χ0n) is 38.3. The molecule has 12 rings (SSSR count). The number of anilines is 3. The van der Waals surface area contributed by atoms with Crippen LogP contribution < -0.4 is 4.90 Å². The van der Waals surface area contributed by atoms with Gasteiger partial charge in [-0.2, -0.15) is 0 Å². The molecule has 320 valence electrons. The SMILES string of the molecule is Cc1ccc(N(c2ccc(-c3ccc4c(c3)C(C)(C)c3cc(C)ccc3-4)cc2)c2ccc(-c3ccc4c(c3)c3ccccc3n4-c3cccc(-c4ccc(-c5ccccc5)cc4)c3)cc2)cc1. The number of aryl methyl sites for hydroxylation is 2. The predicted molar refractivity (Wildman–Crippen MR) is 284 cm³/mol. The van der Waals surface area contributed by atoms with E-state index in [9.17, 15) is 0 Å². The van der Waals surface area contributed by atoms with Gasteiger partial charge in [-0.15, -0.1) is 0 Å². The third-order valence-electron chi connectivity index (χ3n) is 14.1. The van der Waals surface area contributed by atoms with Crippen LogP contribution in [0.3, 0.4) is 0 Å². The average Bonchev–Trinajstić information content (AvgIpc) is 3.82. The fourth-order valence-corrected chi connectivity index (χ4v) is 10.5. The van der Waals surface area contributed by atoms with Gasteiger partial charge in [0, 0.05) is 38.9 Å². The fourth-order valence-electron chi connectivity index (χ4n) is 10.5. The summed E-state index contributed by atoms with van der Waals surface area (Å²) >= 11 is 0. The van der Waals surface area contributed by atoms with Gasteiger partial charge >= 0.3 is 0 Å². The molecule has 67 heavy (non-hydrogen) atoms. The first-order valence-electron chi connectivity index (χ1n) is 23.4. The summed E-state index contributed by atoms with van der Waals surface area (Å²) in [4.78, 5) is 2.36. The van der Waals surface area contributed by atoms with E-state index in [2.05, 4.69) is 268 Å². The first-order valence-corrected chi connectivity index (χ1v) is 23.4. The van der Waals surface area contributed by atoms with E-state index >= 15 is 0 Å². The minimum Gasteiger partial charge on any atom is -0.311 e. The van der Waals surface area contributed by atoms with Crippen LogP contribution in [0.5, 0.6) is 0 Å². The molecule has 1 aliphatic carbocycles. The van der Waals surface area contributed by atoms with E-state index in [-0.39, 0.29) is 5.41 Å². The highest BCUT2D eigenvalue weighted by molar-refractivity contribution is 6.10. The normalized spacial score (nSPS) is 12.6. The molecule has 0 spiro atoms. The second-order valence-electron chi connectivity index (χ2n) is 18.8. The smallest absolute Gasteiger partial charge is 0.0541 e. The number of para-hydroxylation sites is 1. The molecule has 1 heterocycles. The van der Waals surface area contributed by atoms with Crippen molar-refractivity contribution in [1.29, 1.82) is 0 Å². The number of nitrogens with zero attached hydrogens (tertiary/aromatic N) is 2. The maximum Gasteiger partial charge on any atom is 0.0541 e. The molecule has 11 aromatic rings. The van der Waals surface area contributed by atoms with Crippen LogP contribution in [0.2, 0.25) is 0 Å². The second kappa shape index (κ2) is 16.0. The summed E-state index contributed by atoms with van der Waals surface area (Å²) in [6, 6.07) is 85.0. The molecule has 0 bridgehead atoms. The van der Waals surface area contributed by atoms with Gasteiger partial charge in [-0.1, -0.05) is 183 Å². The summed E-state index contributed by atoms with van der Waals surface area (Å²) in [7, 11) is 0. The van der Waals surface area contributed by atoms with E-state index in [0.29, 0.717) is 0 Å². The lowest BCUT2D eigenvalue weighted by Gasteiger charge is -2.26. The molecular weight excluding hydrogens is 809 g/mol. The van der Waals surface area contributed by atoms with Crippen molar-refractivity contribution < 1.29 is 0 Å². The molecule has 0 saturated heterocycles. The number of fused-ring (bicyclic) bond motifs is 6. The molecule has 0 aliphatic heterocycles. The summed E-state index contributed by atoms with van der Waals surface area (Å²) in [5.74, 6) is 0. The maximum atomic E-state index is 2.41. The highest BCUT2D eigenvalue weighted by atomic mass is 15.1. The minimum atomic E-state index is -0.0456. The third-order valence-corrected chi connectivity index (χ3v) is 14.1. The zero-order valence-corrected chi connectivity index (χ0v) is 38.3. The Balaban J connectivity index is 0.859. The molecule has 2 heteroatoms. The van der Waals surface area contributed by atoms with E-state index in [4.69, 9.17) is 0 Å². The minimum absolute atomic E-state index is 0.0456. The van der Waals surface area contributed by atoms with Crippen LogP contribution in [-0.4, -0.2) is 4.57 Å². The van der Waals surface area contributed by atoms with Crippen molar-refractivity contribution in [2.24, 2.45) is 0 Å². The van der Waals surface area contributed by atoms with Gasteiger partial charge in [0.1, 0.15) is 0 Å². The summed E-state index contributed by atoms with van der Waals surface area (Å²) in [5, 5.41) is 2.48. The second-order valence-corrected chi connectivity index (χ2v) is 18.8.